The van der Waals surface area contributed by atoms with Crippen molar-refractivity contribution in [1.82, 2.24) is 29.6 Å². The zero-order valence-corrected chi connectivity index (χ0v) is 18.8. The number of anilines is 1. The lowest BCUT2D eigenvalue weighted by Crippen LogP contribution is -2.38. The average Bonchev–Trinajstić information content (AvgIpc) is 3.42. The van der Waals surface area contributed by atoms with E-state index < -0.39 is 0 Å². The van der Waals surface area contributed by atoms with Crippen LogP contribution in [0.1, 0.15) is 29.0 Å². The highest BCUT2D eigenvalue weighted by Crippen LogP contribution is 2.31. The van der Waals surface area contributed by atoms with Gasteiger partial charge in [-0.2, -0.15) is 0 Å². The molecule has 3 N–H and O–H groups in total. The molecule has 1 aliphatic rings. The minimum atomic E-state index is -0.305. The van der Waals surface area contributed by atoms with Crippen LogP contribution in [0.2, 0.25) is 0 Å². The third kappa shape index (κ3) is 4.05. The van der Waals surface area contributed by atoms with Crippen LogP contribution in [0.5, 0.6) is 0 Å². The molecule has 1 saturated heterocycles. The topological polar surface area (TPSA) is 101 Å². The molecule has 1 atom stereocenters. The van der Waals surface area contributed by atoms with Gasteiger partial charge in [0.25, 0.3) is 5.91 Å². The van der Waals surface area contributed by atoms with Crippen molar-refractivity contribution in [2.45, 2.75) is 25.8 Å². The number of hydrogen-bond acceptors (Lipinski definition) is 6. The highest BCUT2D eigenvalue weighted by Gasteiger charge is 2.24. The standard InChI is InChI=1S/C25H27N7O/c1-16-13-27-20-11-10-18(15-32(16)20)22-21(17-7-4-3-5-8-17)30-24(26)23(29-22)25(33)28-14-19-9-6-12-31(19)2/h3-5,7-8,10-11,13,15,19H,6,9,12,14H2,1-2H3,(H2,26,30)(H,28,33). The van der Waals surface area contributed by atoms with E-state index in [1.165, 1.54) is 0 Å². The molecule has 5 rings (SSSR count). The number of nitrogen functional groups attached to an aromatic ring is 1. The fourth-order valence-corrected chi connectivity index (χ4v) is 4.39. The van der Waals surface area contributed by atoms with Crippen LogP contribution in [0.4, 0.5) is 5.82 Å². The number of aryl methyl sites for hydroxylation is 1. The summed E-state index contributed by atoms with van der Waals surface area (Å²) in [7, 11) is 2.08. The molecule has 33 heavy (non-hydrogen) atoms. The summed E-state index contributed by atoms with van der Waals surface area (Å²) in [5.74, 6) is -0.184. The molecule has 8 nitrogen and oxygen atoms in total. The predicted octanol–water partition coefficient (Wildman–Crippen LogP) is 3.17. The Morgan fingerprint density at radius 3 is 2.67 bits per heavy atom. The van der Waals surface area contributed by atoms with Crippen LogP contribution in [-0.2, 0) is 0 Å². The number of nitrogens with two attached hydrogens (primary N) is 1. The lowest BCUT2D eigenvalue weighted by molar-refractivity contribution is 0.0939. The lowest BCUT2D eigenvalue weighted by Gasteiger charge is -2.20. The maximum absolute atomic E-state index is 13.1. The lowest BCUT2D eigenvalue weighted by atomic mass is 10.0. The van der Waals surface area contributed by atoms with Gasteiger partial charge in [0.05, 0.1) is 11.4 Å². The van der Waals surface area contributed by atoms with Crippen molar-refractivity contribution in [1.29, 1.82) is 0 Å². The van der Waals surface area contributed by atoms with Gasteiger partial charge in [0.2, 0.25) is 0 Å². The molecule has 1 aliphatic heterocycles. The van der Waals surface area contributed by atoms with Gasteiger partial charge in [-0.15, -0.1) is 0 Å². The number of nitrogens with one attached hydrogen (secondary N) is 1. The van der Waals surface area contributed by atoms with Crippen LogP contribution >= 0.6 is 0 Å². The first-order valence-electron chi connectivity index (χ1n) is 11.2. The Labute approximate surface area is 192 Å². The van der Waals surface area contributed by atoms with Gasteiger partial charge >= 0.3 is 0 Å². The Hall–Kier alpha value is -3.78. The highest BCUT2D eigenvalue weighted by molar-refractivity contribution is 5.98. The molecule has 1 aromatic carbocycles. The predicted molar refractivity (Wildman–Crippen MR) is 129 cm³/mol. The van der Waals surface area contributed by atoms with E-state index in [0.717, 1.165) is 41.9 Å². The monoisotopic (exact) mass is 441 g/mol. The van der Waals surface area contributed by atoms with Crippen LogP contribution in [0.25, 0.3) is 28.2 Å². The second-order valence-corrected chi connectivity index (χ2v) is 8.55. The number of carbonyl (C=O) groups excluding carboxylic acids is 1. The molecule has 1 fully saturated rings. The van der Waals surface area contributed by atoms with Gasteiger partial charge in [-0.05, 0) is 45.5 Å². The molecule has 1 unspecified atom stereocenters. The fraction of sp³-hybridized carbons (Fsp3) is 0.280. The van der Waals surface area contributed by atoms with E-state index in [1.807, 2.05) is 66.2 Å². The largest absolute Gasteiger partial charge is 0.382 e. The summed E-state index contributed by atoms with van der Waals surface area (Å²) in [6.45, 7) is 3.61. The SMILES string of the molecule is Cc1cnc2ccc(-c3nc(C(=O)NCC4CCCN4C)c(N)nc3-c3ccccc3)cn12. The second-order valence-electron chi connectivity index (χ2n) is 8.55. The maximum atomic E-state index is 13.1. The molecule has 0 aliphatic carbocycles. The van der Waals surface area contributed by atoms with E-state index in [0.29, 0.717) is 24.0 Å². The number of likely N-dealkylation sites (tertiary alicyclic amines) is 1. The Morgan fingerprint density at radius 1 is 1.12 bits per heavy atom. The molecule has 168 valence electrons. The van der Waals surface area contributed by atoms with Crippen molar-refractivity contribution in [2.75, 3.05) is 25.9 Å². The van der Waals surface area contributed by atoms with Gasteiger partial charge in [-0.1, -0.05) is 30.3 Å². The van der Waals surface area contributed by atoms with Crippen molar-refractivity contribution in [3.63, 3.8) is 0 Å². The highest BCUT2D eigenvalue weighted by atomic mass is 16.1. The summed E-state index contributed by atoms with van der Waals surface area (Å²) in [6.07, 6.45) is 6.01. The van der Waals surface area contributed by atoms with Crippen molar-refractivity contribution in [2.24, 2.45) is 0 Å². The van der Waals surface area contributed by atoms with Crippen LogP contribution in [0.3, 0.4) is 0 Å². The number of nitrogens with zero attached hydrogens (tertiary/aromatic N) is 5. The Balaban J connectivity index is 1.57. The van der Waals surface area contributed by atoms with Crippen molar-refractivity contribution in [3.8, 4) is 22.5 Å². The van der Waals surface area contributed by atoms with E-state index in [9.17, 15) is 4.79 Å². The molecule has 0 bridgehead atoms. The van der Waals surface area contributed by atoms with Crippen molar-refractivity contribution < 1.29 is 4.79 Å². The normalized spacial score (nSPS) is 16.4. The van der Waals surface area contributed by atoms with Crippen molar-refractivity contribution in [3.05, 3.63) is 66.2 Å². The molecule has 0 spiro atoms. The molecular weight excluding hydrogens is 414 g/mol. The zero-order chi connectivity index (χ0) is 22.9. The number of imidazole rings is 1. The number of rotatable bonds is 5. The number of amides is 1. The van der Waals surface area contributed by atoms with Gasteiger partial charge in [-0.25, -0.2) is 15.0 Å². The number of fused-ring (bicyclic) bond motifs is 1. The Morgan fingerprint density at radius 2 is 1.91 bits per heavy atom. The molecular formula is C25H27N7O. The van der Waals surface area contributed by atoms with Gasteiger partial charge in [0, 0.05) is 41.8 Å². The summed E-state index contributed by atoms with van der Waals surface area (Å²) in [6, 6.07) is 14.0. The van der Waals surface area contributed by atoms with Gasteiger partial charge in [0.15, 0.2) is 11.5 Å². The number of hydrogen-bond donors (Lipinski definition) is 2. The van der Waals surface area contributed by atoms with E-state index in [-0.39, 0.29) is 17.4 Å². The Kier molecular flexibility index (Phi) is 5.51. The minimum Gasteiger partial charge on any atom is -0.382 e. The molecule has 1 amide bonds. The van der Waals surface area contributed by atoms with Gasteiger partial charge in [-0.3, -0.25) is 4.79 Å². The molecule has 8 heteroatoms. The fourth-order valence-electron chi connectivity index (χ4n) is 4.39. The summed E-state index contributed by atoms with van der Waals surface area (Å²) in [5.41, 5.74) is 11.2. The third-order valence-corrected chi connectivity index (χ3v) is 6.32. The smallest absolute Gasteiger partial charge is 0.273 e. The van der Waals surface area contributed by atoms with Crippen LogP contribution in [-0.4, -0.2) is 56.3 Å². The summed E-state index contributed by atoms with van der Waals surface area (Å²) < 4.78 is 2.00. The zero-order valence-electron chi connectivity index (χ0n) is 18.8. The van der Waals surface area contributed by atoms with E-state index in [1.54, 1.807) is 0 Å². The minimum absolute atomic E-state index is 0.120. The van der Waals surface area contributed by atoms with Crippen LogP contribution in [0, 0.1) is 6.92 Å². The molecule has 4 aromatic rings. The van der Waals surface area contributed by atoms with Gasteiger partial charge in [0.1, 0.15) is 5.65 Å². The first-order chi connectivity index (χ1) is 16.0. The van der Waals surface area contributed by atoms with E-state index >= 15 is 0 Å². The van der Waals surface area contributed by atoms with Crippen LogP contribution < -0.4 is 11.1 Å². The quantitative estimate of drug-likeness (QED) is 0.493. The van der Waals surface area contributed by atoms with Crippen LogP contribution in [0.15, 0.2) is 54.9 Å². The van der Waals surface area contributed by atoms with Crippen molar-refractivity contribution >= 4 is 17.4 Å². The number of carbonyl (C=O) groups is 1. The molecule has 0 saturated carbocycles. The second kappa shape index (κ2) is 8.63. The summed E-state index contributed by atoms with van der Waals surface area (Å²) in [5, 5.41) is 3.01. The maximum Gasteiger partial charge on any atom is 0.273 e. The molecule has 4 heterocycles. The number of aromatic nitrogens is 4. The first-order valence-corrected chi connectivity index (χ1v) is 11.2. The van der Waals surface area contributed by atoms with Gasteiger partial charge < -0.3 is 20.4 Å². The molecule has 3 aromatic heterocycles. The summed E-state index contributed by atoms with van der Waals surface area (Å²) >= 11 is 0. The first kappa shape index (κ1) is 21.1. The summed E-state index contributed by atoms with van der Waals surface area (Å²) in [4.78, 5) is 29.1. The number of likely N-dealkylation sites (N-methyl/N-ethyl adjacent to an activating group) is 1. The number of benzene rings is 1. The Bertz CT molecular complexity index is 1320. The number of pyridine rings is 1. The van der Waals surface area contributed by atoms with E-state index in [4.69, 9.17) is 10.7 Å². The molecule has 0 radical (unpaired) electrons. The average molecular weight is 442 g/mol. The van der Waals surface area contributed by atoms with E-state index in [2.05, 4.69) is 27.2 Å². The third-order valence-electron chi connectivity index (χ3n) is 6.32.